The van der Waals surface area contributed by atoms with Gasteiger partial charge in [-0.1, -0.05) is 20.8 Å². The third kappa shape index (κ3) is 2.56. The summed E-state index contributed by atoms with van der Waals surface area (Å²) in [5.41, 5.74) is -0.305. The average molecular weight is 296 g/mol. The van der Waals surface area contributed by atoms with E-state index in [4.69, 9.17) is 4.74 Å². The molecule has 0 spiro atoms. The van der Waals surface area contributed by atoms with Crippen molar-refractivity contribution in [1.82, 2.24) is 10.2 Å². The van der Waals surface area contributed by atoms with Gasteiger partial charge >= 0.3 is 0 Å². The van der Waals surface area contributed by atoms with Crippen molar-refractivity contribution >= 4 is 11.8 Å². The maximum atomic E-state index is 12.6. The van der Waals surface area contributed by atoms with Crippen LogP contribution in [0.15, 0.2) is 0 Å². The monoisotopic (exact) mass is 296 g/mol. The first-order valence-corrected chi connectivity index (χ1v) is 7.92. The summed E-state index contributed by atoms with van der Waals surface area (Å²) in [6, 6.07) is -0.230. The van der Waals surface area contributed by atoms with Gasteiger partial charge in [0.15, 0.2) is 0 Å². The minimum Gasteiger partial charge on any atom is -0.378 e. The molecule has 0 radical (unpaired) electrons. The third-order valence-electron chi connectivity index (χ3n) is 5.77. The lowest BCUT2D eigenvalue weighted by molar-refractivity contribution is -0.183. The van der Waals surface area contributed by atoms with E-state index >= 15 is 0 Å². The van der Waals surface area contributed by atoms with Crippen LogP contribution >= 0.6 is 0 Å². The van der Waals surface area contributed by atoms with E-state index in [2.05, 4.69) is 26.1 Å². The van der Waals surface area contributed by atoms with Crippen molar-refractivity contribution in [1.29, 1.82) is 0 Å². The Labute approximate surface area is 127 Å². The van der Waals surface area contributed by atoms with E-state index in [1.165, 1.54) is 0 Å². The molecule has 2 amide bonds. The molecule has 5 nitrogen and oxygen atoms in total. The molecule has 0 aromatic rings. The number of nitrogens with one attached hydrogen (secondary N) is 1. The average Bonchev–Trinajstić information content (AvgIpc) is 2.85. The van der Waals surface area contributed by atoms with Crippen molar-refractivity contribution in [2.24, 2.45) is 5.41 Å². The number of ether oxygens (including phenoxy) is 1. The molecule has 2 rings (SSSR count). The molecule has 1 saturated carbocycles. The number of amides is 2. The Bertz CT molecular complexity index is 435. The highest BCUT2D eigenvalue weighted by Crippen LogP contribution is 2.51. The minimum atomic E-state index is -0.329. The van der Waals surface area contributed by atoms with Gasteiger partial charge in [0.25, 0.3) is 0 Å². The van der Waals surface area contributed by atoms with Gasteiger partial charge in [-0.2, -0.15) is 0 Å². The van der Waals surface area contributed by atoms with Gasteiger partial charge in [0, 0.05) is 31.5 Å². The molecule has 5 heteroatoms. The van der Waals surface area contributed by atoms with Crippen LogP contribution in [-0.4, -0.2) is 48.1 Å². The van der Waals surface area contributed by atoms with Crippen LogP contribution in [0.5, 0.6) is 0 Å². The van der Waals surface area contributed by atoms with Gasteiger partial charge in [-0.25, -0.2) is 0 Å². The number of likely N-dealkylation sites (tertiary alicyclic amines) is 1. The van der Waals surface area contributed by atoms with E-state index in [-0.39, 0.29) is 34.9 Å². The number of hydrogen-bond donors (Lipinski definition) is 1. The van der Waals surface area contributed by atoms with E-state index in [0.29, 0.717) is 19.4 Å². The zero-order valence-corrected chi connectivity index (χ0v) is 13.9. The first-order valence-electron chi connectivity index (χ1n) is 7.92. The lowest BCUT2D eigenvalue weighted by atomic mass is 9.56. The Kier molecular flexibility index (Phi) is 4.34. The molecule has 3 unspecified atom stereocenters. The van der Waals surface area contributed by atoms with Gasteiger partial charge in [0.2, 0.25) is 11.8 Å². The normalized spacial score (nSPS) is 32.7. The van der Waals surface area contributed by atoms with Crippen LogP contribution in [0.4, 0.5) is 0 Å². The van der Waals surface area contributed by atoms with Gasteiger partial charge in [-0.15, -0.1) is 0 Å². The molecule has 0 aromatic carbocycles. The summed E-state index contributed by atoms with van der Waals surface area (Å²) in [5.74, 6) is 0.0792. The predicted octanol–water partition coefficient (Wildman–Crippen LogP) is 1.71. The zero-order valence-electron chi connectivity index (χ0n) is 13.9. The van der Waals surface area contributed by atoms with Crippen LogP contribution < -0.4 is 5.32 Å². The molecule has 1 saturated heterocycles. The number of hydrogen-bond acceptors (Lipinski definition) is 3. The van der Waals surface area contributed by atoms with Crippen molar-refractivity contribution in [3.63, 3.8) is 0 Å². The quantitative estimate of drug-likeness (QED) is 0.840. The highest BCUT2D eigenvalue weighted by Gasteiger charge is 2.58. The topological polar surface area (TPSA) is 58.6 Å². The molecule has 1 N–H and O–H groups in total. The Morgan fingerprint density at radius 1 is 1.48 bits per heavy atom. The lowest BCUT2D eigenvalue weighted by Gasteiger charge is -2.59. The fourth-order valence-electron chi connectivity index (χ4n) is 3.54. The first kappa shape index (κ1) is 16.3. The summed E-state index contributed by atoms with van der Waals surface area (Å²) in [7, 11) is 1.72. The second-order valence-electron chi connectivity index (χ2n) is 7.04. The SMILES string of the molecule is CCC(C(=O)NC1CC(C)(OC)C1(C)C)N1CCCC1=O. The molecule has 21 heavy (non-hydrogen) atoms. The number of carbonyl (C=O) groups is 2. The van der Waals surface area contributed by atoms with Crippen LogP contribution in [-0.2, 0) is 14.3 Å². The van der Waals surface area contributed by atoms with E-state index in [1.54, 1.807) is 12.0 Å². The van der Waals surface area contributed by atoms with E-state index in [1.807, 2.05) is 6.92 Å². The second kappa shape index (κ2) is 5.59. The van der Waals surface area contributed by atoms with Crippen LogP contribution in [0.2, 0.25) is 0 Å². The summed E-state index contributed by atoms with van der Waals surface area (Å²) in [4.78, 5) is 26.1. The van der Waals surface area contributed by atoms with Gasteiger partial charge in [-0.3, -0.25) is 9.59 Å². The molecule has 0 bridgehead atoms. The van der Waals surface area contributed by atoms with Crippen LogP contribution in [0.1, 0.15) is 53.4 Å². The Morgan fingerprint density at radius 2 is 2.14 bits per heavy atom. The molecule has 2 fully saturated rings. The largest absolute Gasteiger partial charge is 0.378 e. The summed E-state index contributed by atoms with van der Waals surface area (Å²) >= 11 is 0. The zero-order chi connectivity index (χ0) is 15.8. The minimum absolute atomic E-state index is 0.0241. The first-order chi connectivity index (χ1) is 9.76. The maximum Gasteiger partial charge on any atom is 0.243 e. The number of nitrogens with zero attached hydrogens (tertiary/aromatic N) is 1. The Morgan fingerprint density at radius 3 is 2.57 bits per heavy atom. The Hall–Kier alpha value is -1.10. The van der Waals surface area contributed by atoms with E-state index < -0.39 is 0 Å². The second-order valence-corrected chi connectivity index (χ2v) is 7.04. The highest BCUT2D eigenvalue weighted by atomic mass is 16.5. The third-order valence-corrected chi connectivity index (χ3v) is 5.77. The summed E-state index contributed by atoms with van der Waals surface area (Å²) in [6.07, 6.45) is 2.90. The predicted molar refractivity (Wildman–Crippen MR) is 80.8 cm³/mol. The lowest BCUT2D eigenvalue weighted by Crippen LogP contribution is -2.69. The van der Waals surface area contributed by atoms with E-state index in [0.717, 1.165) is 12.8 Å². The van der Waals surface area contributed by atoms with Crippen molar-refractivity contribution < 1.29 is 14.3 Å². The van der Waals surface area contributed by atoms with Gasteiger partial charge in [0.05, 0.1) is 5.60 Å². The Balaban J connectivity index is 2.00. The standard InChI is InChI=1S/C16H28N2O3/c1-6-11(18-9-7-8-13(18)19)14(20)17-12-10-16(4,21-5)15(12,2)3/h11-12H,6-10H2,1-5H3,(H,17,20). The molecule has 0 aromatic heterocycles. The summed E-state index contributed by atoms with van der Waals surface area (Å²) < 4.78 is 5.59. The fraction of sp³-hybridized carbons (Fsp3) is 0.875. The van der Waals surface area contributed by atoms with Crippen molar-refractivity contribution in [2.45, 2.75) is 71.1 Å². The number of rotatable bonds is 5. The molecule has 2 aliphatic rings. The van der Waals surface area contributed by atoms with Gasteiger partial charge in [0.1, 0.15) is 6.04 Å². The van der Waals surface area contributed by atoms with Crippen LogP contribution in [0.25, 0.3) is 0 Å². The fourth-order valence-corrected chi connectivity index (χ4v) is 3.54. The molecule has 120 valence electrons. The smallest absolute Gasteiger partial charge is 0.243 e. The van der Waals surface area contributed by atoms with Crippen LogP contribution in [0.3, 0.4) is 0 Å². The van der Waals surface area contributed by atoms with Crippen LogP contribution in [0, 0.1) is 5.41 Å². The summed E-state index contributed by atoms with van der Waals surface area (Å²) in [5, 5.41) is 3.13. The molecular weight excluding hydrogens is 268 g/mol. The van der Waals surface area contributed by atoms with Crippen molar-refractivity contribution in [2.75, 3.05) is 13.7 Å². The maximum absolute atomic E-state index is 12.6. The summed E-state index contributed by atoms with van der Waals surface area (Å²) in [6.45, 7) is 8.98. The van der Waals surface area contributed by atoms with E-state index in [9.17, 15) is 9.59 Å². The van der Waals surface area contributed by atoms with Gasteiger partial charge < -0.3 is 15.0 Å². The molecule has 1 aliphatic heterocycles. The van der Waals surface area contributed by atoms with Gasteiger partial charge in [-0.05, 0) is 26.2 Å². The molecule has 3 atom stereocenters. The van der Waals surface area contributed by atoms with Crippen molar-refractivity contribution in [3.8, 4) is 0 Å². The number of carbonyl (C=O) groups excluding carboxylic acids is 2. The number of methoxy groups -OCH3 is 1. The van der Waals surface area contributed by atoms with Crippen molar-refractivity contribution in [3.05, 3.63) is 0 Å². The molecule has 1 heterocycles. The molecule has 1 aliphatic carbocycles. The highest BCUT2D eigenvalue weighted by molar-refractivity contribution is 5.88. The molecular formula is C16H28N2O3.